The number of morpholine rings is 1. The summed E-state index contributed by atoms with van der Waals surface area (Å²) in [6, 6.07) is 0.443. The number of nitrogens with one attached hydrogen (secondary N) is 1. The summed E-state index contributed by atoms with van der Waals surface area (Å²) in [7, 11) is 0. The van der Waals surface area contributed by atoms with Gasteiger partial charge >= 0.3 is 0 Å². The molecule has 2 N–H and O–H groups in total. The van der Waals surface area contributed by atoms with Gasteiger partial charge in [-0.2, -0.15) is 0 Å². The zero-order valence-electron chi connectivity index (χ0n) is 12.4. The van der Waals surface area contributed by atoms with Crippen molar-refractivity contribution in [1.29, 1.82) is 0 Å². The summed E-state index contributed by atoms with van der Waals surface area (Å²) >= 11 is 0. The molecule has 1 aliphatic rings. The van der Waals surface area contributed by atoms with Gasteiger partial charge in [-0.15, -0.1) is 0 Å². The van der Waals surface area contributed by atoms with Crippen LogP contribution in [0, 0.1) is 5.41 Å². The number of hydrogen-bond donors (Lipinski definition) is 2. The summed E-state index contributed by atoms with van der Waals surface area (Å²) in [6.07, 6.45) is 1.16. The molecule has 0 saturated carbocycles. The third-order valence-electron chi connectivity index (χ3n) is 3.50. The number of aliphatic hydroxyl groups excluding tert-OH is 1. The normalized spacial score (nSPS) is 26.5. The Morgan fingerprint density at radius 2 is 2.17 bits per heavy atom. The Kier molecular flexibility index (Phi) is 6.57. The highest BCUT2D eigenvalue weighted by molar-refractivity contribution is 4.83. The number of rotatable bonds is 7. The van der Waals surface area contributed by atoms with Gasteiger partial charge in [-0.3, -0.25) is 4.90 Å². The molecule has 1 aliphatic heterocycles. The van der Waals surface area contributed by atoms with Gasteiger partial charge in [0.15, 0.2) is 0 Å². The number of hydrogen-bond acceptors (Lipinski definition) is 4. The molecule has 1 heterocycles. The van der Waals surface area contributed by atoms with E-state index < -0.39 is 0 Å². The van der Waals surface area contributed by atoms with Gasteiger partial charge in [0.2, 0.25) is 0 Å². The molecular weight excluding hydrogens is 228 g/mol. The largest absolute Gasteiger partial charge is 0.394 e. The Balaban J connectivity index is 2.42. The summed E-state index contributed by atoms with van der Waals surface area (Å²) in [4.78, 5) is 2.44. The number of ether oxygens (including phenoxy) is 1. The first-order valence-corrected chi connectivity index (χ1v) is 7.15. The van der Waals surface area contributed by atoms with E-state index in [0.29, 0.717) is 6.04 Å². The second kappa shape index (κ2) is 7.43. The van der Waals surface area contributed by atoms with Crippen LogP contribution in [0.2, 0.25) is 0 Å². The van der Waals surface area contributed by atoms with E-state index in [1.165, 1.54) is 6.42 Å². The van der Waals surface area contributed by atoms with E-state index in [-0.39, 0.29) is 18.1 Å². The van der Waals surface area contributed by atoms with Crippen molar-refractivity contribution < 1.29 is 9.84 Å². The summed E-state index contributed by atoms with van der Waals surface area (Å²) < 4.78 is 5.58. The van der Waals surface area contributed by atoms with Crippen molar-refractivity contribution in [2.24, 2.45) is 5.41 Å². The Morgan fingerprint density at radius 1 is 1.44 bits per heavy atom. The third-order valence-corrected chi connectivity index (χ3v) is 3.50. The zero-order chi connectivity index (χ0) is 13.6. The van der Waals surface area contributed by atoms with Crippen LogP contribution < -0.4 is 5.32 Å². The van der Waals surface area contributed by atoms with Gasteiger partial charge in [-0.25, -0.2) is 0 Å². The average molecular weight is 258 g/mol. The molecule has 1 rings (SSSR count). The van der Waals surface area contributed by atoms with Crippen molar-refractivity contribution >= 4 is 0 Å². The third kappa shape index (κ3) is 5.22. The van der Waals surface area contributed by atoms with Crippen molar-refractivity contribution in [3.63, 3.8) is 0 Å². The lowest BCUT2D eigenvalue weighted by atomic mass is 9.91. The summed E-state index contributed by atoms with van der Waals surface area (Å²) in [6.45, 7) is 13.8. The van der Waals surface area contributed by atoms with Crippen LogP contribution >= 0.6 is 0 Å². The quantitative estimate of drug-likeness (QED) is 0.671. The molecule has 18 heavy (non-hydrogen) atoms. The van der Waals surface area contributed by atoms with E-state index in [0.717, 1.165) is 32.8 Å². The lowest BCUT2D eigenvalue weighted by molar-refractivity contribution is -0.0858. The average Bonchev–Trinajstić information content (AvgIpc) is 2.32. The van der Waals surface area contributed by atoms with Gasteiger partial charge in [0.1, 0.15) is 0 Å². The second-order valence-electron chi connectivity index (χ2n) is 6.26. The predicted molar refractivity (Wildman–Crippen MR) is 74.8 cm³/mol. The molecule has 1 fully saturated rings. The molecule has 1 saturated heterocycles. The van der Waals surface area contributed by atoms with Crippen LogP contribution in [0.1, 0.15) is 34.1 Å². The smallest absolute Gasteiger partial charge is 0.0933 e. The van der Waals surface area contributed by atoms with Gasteiger partial charge in [0.25, 0.3) is 0 Å². The van der Waals surface area contributed by atoms with E-state index in [9.17, 15) is 5.11 Å². The summed E-state index contributed by atoms with van der Waals surface area (Å²) in [5, 5.41) is 12.7. The highest BCUT2D eigenvalue weighted by Gasteiger charge is 2.30. The molecule has 0 bridgehead atoms. The van der Waals surface area contributed by atoms with Crippen molar-refractivity contribution in [2.75, 3.05) is 39.4 Å². The van der Waals surface area contributed by atoms with Gasteiger partial charge < -0.3 is 15.2 Å². The summed E-state index contributed by atoms with van der Waals surface area (Å²) in [5.74, 6) is 0. The zero-order valence-corrected chi connectivity index (χ0v) is 12.4. The van der Waals surface area contributed by atoms with Gasteiger partial charge in [0.05, 0.1) is 19.3 Å². The van der Waals surface area contributed by atoms with E-state index in [1.807, 2.05) is 0 Å². The Labute approximate surface area is 112 Å². The molecule has 0 aromatic carbocycles. The second-order valence-corrected chi connectivity index (χ2v) is 6.26. The lowest BCUT2D eigenvalue weighted by Crippen LogP contribution is -2.53. The lowest BCUT2D eigenvalue weighted by Gasteiger charge is -2.41. The van der Waals surface area contributed by atoms with Crippen molar-refractivity contribution in [3.05, 3.63) is 0 Å². The van der Waals surface area contributed by atoms with Crippen molar-refractivity contribution in [2.45, 2.75) is 46.3 Å². The van der Waals surface area contributed by atoms with E-state index in [2.05, 4.69) is 37.9 Å². The maximum absolute atomic E-state index is 9.20. The molecule has 0 amide bonds. The minimum Gasteiger partial charge on any atom is -0.394 e. The van der Waals surface area contributed by atoms with Crippen LogP contribution in [0.3, 0.4) is 0 Å². The first kappa shape index (κ1) is 15.9. The molecule has 0 aliphatic carbocycles. The van der Waals surface area contributed by atoms with Crippen LogP contribution in [-0.2, 0) is 4.74 Å². The fourth-order valence-electron chi connectivity index (χ4n) is 2.42. The molecule has 0 aromatic heterocycles. The fraction of sp³-hybridized carbons (Fsp3) is 1.00. The standard InChI is InChI=1S/C14H30N2O2/c1-5-6-15-10-14(3,4)11-16-7-13(8-17)18-9-12(16)2/h12-13,15,17H,5-11H2,1-4H3. The Hall–Kier alpha value is -0.160. The molecule has 4 nitrogen and oxygen atoms in total. The number of nitrogens with zero attached hydrogens (tertiary/aromatic N) is 1. The topological polar surface area (TPSA) is 44.7 Å². The van der Waals surface area contributed by atoms with Crippen LogP contribution in [-0.4, -0.2) is 61.5 Å². The fourth-order valence-corrected chi connectivity index (χ4v) is 2.42. The van der Waals surface area contributed by atoms with E-state index in [1.54, 1.807) is 0 Å². The van der Waals surface area contributed by atoms with E-state index in [4.69, 9.17) is 4.74 Å². The molecular formula is C14H30N2O2. The van der Waals surface area contributed by atoms with Crippen LogP contribution in [0.5, 0.6) is 0 Å². The summed E-state index contributed by atoms with van der Waals surface area (Å²) in [5.41, 5.74) is 0.251. The Bertz CT molecular complexity index is 234. The van der Waals surface area contributed by atoms with Crippen LogP contribution in [0.4, 0.5) is 0 Å². The molecule has 108 valence electrons. The maximum atomic E-state index is 9.20. The van der Waals surface area contributed by atoms with Gasteiger partial charge in [0, 0.05) is 25.7 Å². The molecule has 0 spiro atoms. The minimum absolute atomic E-state index is 0.0133. The monoisotopic (exact) mass is 258 g/mol. The molecule has 2 atom stereocenters. The molecule has 0 radical (unpaired) electrons. The van der Waals surface area contributed by atoms with Crippen LogP contribution in [0.25, 0.3) is 0 Å². The SMILES string of the molecule is CCCNCC(C)(C)CN1CC(CO)OCC1C. The molecule has 0 aromatic rings. The predicted octanol–water partition coefficient (Wildman–Crippen LogP) is 1.09. The maximum Gasteiger partial charge on any atom is 0.0933 e. The minimum atomic E-state index is -0.0133. The van der Waals surface area contributed by atoms with Gasteiger partial charge in [-0.1, -0.05) is 20.8 Å². The first-order chi connectivity index (χ1) is 8.48. The van der Waals surface area contributed by atoms with Gasteiger partial charge in [-0.05, 0) is 25.3 Å². The van der Waals surface area contributed by atoms with Crippen LogP contribution in [0.15, 0.2) is 0 Å². The number of aliphatic hydroxyl groups is 1. The molecule has 4 heteroatoms. The van der Waals surface area contributed by atoms with Crippen molar-refractivity contribution in [3.8, 4) is 0 Å². The Morgan fingerprint density at radius 3 is 2.78 bits per heavy atom. The van der Waals surface area contributed by atoms with E-state index >= 15 is 0 Å². The molecule has 2 unspecified atom stereocenters. The highest BCUT2D eigenvalue weighted by atomic mass is 16.5. The first-order valence-electron chi connectivity index (χ1n) is 7.15. The highest BCUT2D eigenvalue weighted by Crippen LogP contribution is 2.20. The van der Waals surface area contributed by atoms with Crippen molar-refractivity contribution in [1.82, 2.24) is 10.2 Å².